The fraction of sp³-hybridized carbons (Fsp3) is 0.176. The Hall–Kier alpha value is -2.60. The van der Waals surface area contributed by atoms with Crippen LogP contribution < -0.4 is 0 Å². The Kier molecular flexibility index (Phi) is 4.52. The van der Waals surface area contributed by atoms with Gasteiger partial charge < -0.3 is 4.74 Å². The lowest BCUT2D eigenvalue weighted by molar-refractivity contribution is 0.0472. The number of carbonyl (C=O) groups is 1. The molecule has 0 N–H and O–H groups in total. The largest absolute Gasteiger partial charge is 0.457 e. The Morgan fingerprint density at radius 1 is 1.15 bits per heavy atom. The summed E-state index contributed by atoms with van der Waals surface area (Å²) in [5.74, 6) is -0.375. The van der Waals surface area contributed by atoms with E-state index in [-0.39, 0.29) is 12.6 Å². The molecular weight excluding hydrogens is 250 g/mol. The predicted molar refractivity (Wildman–Crippen MR) is 76.1 cm³/mol. The van der Waals surface area contributed by atoms with Crippen molar-refractivity contribution in [3.63, 3.8) is 0 Å². The van der Waals surface area contributed by atoms with Crippen molar-refractivity contribution in [2.75, 3.05) is 0 Å². The number of nitrogens with zero attached hydrogens (tertiary/aromatic N) is 1. The number of esters is 1. The first-order valence-corrected chi connectivity index (χ1v) is 6.48. The second-order valence-electron chi connectivity index (χ2n) is 4.40. The molecule has 2 aromatic rings. The Balaban J connectivity index is 2.03. The molecule has 2 aromatic carbocycles. The van der Waals surface area contributed by atoms with E-state index in [0.29, 0.717) is 16.7 Å². The highest BCUT2D eigenvalue weighted by molar-refractivity contribution is 5.89. The predicted octanol–water partition coefficient (Wildman–Crippen LogP) is 3.48. The smallest absolute Gasteiger partial charge is 0.338 e. The maximum absolute atomic E-state index is 11.9. The van der Waals surface area contributed by atoms with Gasteiger partial charge in [-0.15, -0.1) is 0 Å². The fourth-order valence-electron chi connectivity index (χ4n) is 1.86. The van der Waals surface area contributed by atoms with E-state index in [1.54, 1.807) is 30.3 Å². The Labute approximate surface area is 118 Å². The number of hydrogen-bond donors (Lipinski definition) is 0. The van der Waals surface area contributed by atoms with Crippen LogP contribution in [0.2, 0.25) is 0 Å². The lowest BCUT2D eigenvalue weighted by Gasteiger charge is -2.06. The van der Waals surface area contributed by atoms with Gasteiger partial charge in [0, 0.05) is 5.56 Å². The number of nitriles is 1. The molecule has 2 rings (SSSR count). The van der Waals surface area contributed by atoms with E-state index in [0.717, 1.165) is 6.42 Å². The molecule has 20 heavy (non-hydrogen) atoms. The minimum absolute atomic E-state index is 0.109. The van der Waals surface area contributed by atoms with Crippen LogP contribution in [-0.4, -0.2) is 5.97 Å². The summed E-state index contributed by atoms with van der Waals surface area (Å²) in [6, 6.07) is 16.5. The summed E-state index contributed by atoms with van der Waals surface area (Å²) in [6.07, 6.45) is 0.935. The van der Waals surface area contributed by atoms with Crippen LogP contribution in [0, 0.1) is 11.3 Å². The highest BCUT2D eigenvalue weighted by atomic mass is 16.5. The maximum Gasteiger partial charge on any atom is 0.338 e. The van der Waals surface area contributed by atoms with Crippen LogP contribution in [0.5, 0.6) is 0 Å². The highest BCUT2D eigenvalue weighted by Gasteiger charge is 2.08. The molecule has 0 heterocycles. The van der Waals surface area contributed by atoms with E-state index in [4.69, 9.17) is 10.00 Å². The Morgan fingerprint density at radius 2 is 1.85 bits per heavy atom. The average molecular weight is 265 g/mol. The third-order valence-corrected chi connectivity index (χ3v) is 3.09. The third-order valence-electron chi connectivity index (χ3n) is 3.09. The van der Waals surface area contributed by atoms with Crippen molar-refractivity contribution >= 4 is 5.97 Å². The molecule has 0 spiro atoms. The molecule has 0 atom stereocenters. The third kappa shape index (κ3) is 3.24. The summed E-state index contributed by atoms with van der Waals surface area (Å²) in [7, 11) is 0. The molecular formula is C17H15NO2. The van der Waals surface area contributed by atoms with Gasteiger partial charge in [-0.05, 0) is 30.2 Å². The van der Waals surface area contributed by atoms with Gasteiger partial charge in [-0.1, -0.05) is 37.3 Å². The van der Waals surface area contributed by atoms with E-state index in [1.165, 1.54) is 5.56 Å². The van der Waals surface area contributed by atoms with Gasteiger partial charge in [0.25, 0.3) is 0 Å². The number of rotatable bonds is 4. The van der Waals surface area contributed by atoms with Crippen LogP contribution in [0.3, 0.4) is 0 Å². The van der Waals surface area contributed by atoms with Crippen molar-refractivity contribution < 1.29 is 9.53 Å². The van der Waals surface area contributed by atoms with Crippen LogP contribution in [-0.2, 0) is 17.8 Å². The Bertz CT molecular complexity index is 639. The zero-order chi connectivity index (χ0) is 14.4. The van der Waals surface area contributed by atoms with E-state index >= 15 is 0 Å². The van der Waals surface area contributed by atoms with E-state index in [1.807, 2.05) is 18.2 Å². The minimum Gasteiger partial charge on any atom is -0.457 e. The first-order chi connectivity index (χ1) is 9.74. The van der Waals surface area contributed by atoms with Gasteiger partial charge in [0.15, 0.2) is 0 Å². The molecule has 0 aliphatic carbocycles. The first kappa shape index (κ1) is 13.8. The lowest BCUT2D eigenvalue weighted by Crippen LogP contribution is -2.06. The summed E-state index contributed by atoms with van der Waals surface area (Å²) in [6.45, 7) is 2.17. The average Bonchev–Trinajstić information content (AvgIpc) is 2.53. The van der Waals surface area contributed by atoms with Crippen LogP contribution in [0.25, 0.3) is 0 Å². The molecule has 0 saturated carbocycles. The second kappa shape index (κ2) is 6.53. The molecule has 0 unspecified atom stereocenters. The van der Waals surface area contributed by atoms with Crippen molar-refractivity contribution in [1.82, 2.24) is 0 Å². The van der Waals surface area contributed by atoms with Crippen molar-refractivity contribution in [1.29, 1.82) is 5.26 Å². The normalized spacial score (nSPS) is 9.80. The standard InChI is InChI=1S/C17H15NO2/c1-2-13-7-9-14(10-8-13)17(19)20-12-16-6-4-3-5-15(16)11-18/h3-10H,2,12H2,1H3. The van der Waals surface area contributed by atoms with Gasteiger partial charge in [-0.3, -0.25) is 0 Å². The van der Waals surface area contributed by atoms with Crippen molar-refractivity contribution in [3.8, 4) is 6.07 Å². The van der Waals surface area contributed by atoms with Gasteiger partial charge in [0.1, 0.15) is 6.61 Å². The van der Waals surface area contributed by atoms with Gasteiger partial charge in [0.05, 0.1) is 17.2 Å². The maximum atomic E-state index is 11.9. The number of hydrogen-bond acceptors (Lipinski definition) is 3. The SMILES string of the molecule is CCc1ccc(C(=O)OCc2ccccc2C#N)cc1. The summed E-state index contributed by atoms with van der Waals surface area (Å²) in [5, 5.41) is 8.97. The van der Waals surface area contributed by atoms with Crippen molar-refractivity contribution in [2.45, 2.75) is 20.0 Å². The Morgan fingerprint density at radius 3 is 2.50 bits per heavy atom. The van der Waals surface area contributed by atoms with Gasteiger partial charge in [0.2, 0.25) is 0 Å². The van der Waals surface area contributed by atoms with Crippen LogP contribution >= 0.6 is 0 Å². The number of carbonyl (C=O) groups excluding carboxylic acids is 1. The number of benzene rings is 2. The van der Waals surface area contributed by atoms with Gasteiger partial charge >= 0.3 is 5.97 Å². The van der Waals surface area contributed by atoms with Gasteiger partial charge in [-0.25, -0.2) is 4.79 Å². The van der Waals surface area contributed by atoms with E-state index in [9.17, 15) is 4.79 Å². The summed E-state index contributed by atoms with van der Waals surface area (Å²) < 4.78 is 5.24. The molecule has 0 saturated heterocycles. The molecule has 0 radical (unpaired) electrons. The van der Waals surface area contributed by atoms with E-state index in [2.05, 4.69) is 13.0 Å². The van der Waals surface area contributed by atoms with Crippen molar-refractivity contribution in [2.24, 2.45) is 0 Å². The van der Waals surface area contributed by atoms with E-state index < -0.39 is 0 Å². The molecule has 0 aliphatic heterocycles. The monoisotopic (exact) mass is 265 g/mol. The van der Waals surface area contributed by atoms with Crippen LogP contribution in [0.1, 0.15) is 34.0 Å². The molecule has 0 aliphatic rings. The molecule has 0 fully saturated rings. The van der Waals surface area contributed by atoms with Crippen molar-refractivity contribution in [3.05, 3.63) is 70.8 Å². The second-order valence-corrected chi connectivity index (χ2v) is 4.40. The summed E-state index contributed by atoms with van der Waals surface area (Å²) in [4.78, 5) is 11.9. The highest BCUT2D eigenvalue weighted by Crippen LogP contribution is 2.11. The topological polar surface area (TPSA) is 50.1 Å². The molecule has 0 amide bonds. The number of aryl methyl sites for hydroxylation is 1. The zero-order valence-electron chi connectivity index (χ0n) is 11.3. The molecule has 3 heteroatoms. The minimum atomic E-state index is -0.375. The van der Waals surface area contributed by atoms with Crippen LogP contribution in [0.15, 0.2) is 48.5 Å². The first-order valence-electron chi connectivity index (χ1n) is 6.48. The fourth-order valence-corrected chi connectivity index (χ4v) is 1.86. The molecule has 0 aromatic heterocycles. The van der Waals surface area contributed by atoms with Crippen LogP contribution in [0.4, 0.5) is 0 Å². The lowest BCUT2D eigenvalue weighted by atomic mass is 10.1. The zero-order valence-corrected chi connectivity index (χ0v) is 11.3. The molecule has 3 nitrogen and oxygen atoms in total. The number of ether oxygens (including phenoxy) is 1. The summed E-state index contributed by atoms with van der Waals surface area (Å²) >= 11 is 0. The summed E-state index contributed by atoms with van der Waals surface area (Å²) in [5.41, 5.74) is 2.95. The quantitative estimate of drug-likeness (QED) is 0.795. The van der Waals surface area contributed by atoms with Gasteiger partial charge in [-0.2, -0.15) is 5.26 Å². The molecule has 100 valence electrons. The molecule has 0 bridgehead atoms.